The van der Waals surface area contributed by atoms with Crippen LogP contribution in [0.25, 0.3) is 0 Å². The van der Waals surface area contributed by atoms with Crippen molar-refractivity contribution in [3.63, 3.8) is 0 Å². The first-order valence-electron chi connectivity index (χ1n) is 6.94. The van der Waals surface area contributed by atoms with Crippen LogP contribution in [0.4, 0.5) is 0 Å². The van der Waals surface area contributed by atoms with Gasteiger partial charge >= 0.3 is 0 Å². The van der Waals surface area contributed by atoms with Crippen LogP contribution in [0.2, 0.25) is 0 Å². The van der Waals surface area contributed by atoms with Gasteiger partial charge in [0.25, 0.3) is 0 Å². The number of benzene rings is 2. The second-order valence-corrected chi connectivity index (χ2v) is 6.29. The Morgan fingerprint density at radius 1 is 1.14 bits per heavy atom. The molecule has 1 saturated carbocycles. The summed E-state index contributed by atoms with van der Waals surface area (Å²) in [7, 11) is 0. The summed E-state index contributed by atoms with van der Waals surface area (Å²) in [5.41, 5.74) is 1.98. The zero-order valence-corrected chi connectivity index (χ0v) is 13.0. The van der Waals surface area contributed by atoms with E-state index < -0.39 is 5.92 Å². The quantitative estimate of drug-likeness (QED) is 0.826. The predicted octanol–water partition coefficient (Wildman–Crippen LogP) is 4.43. The Hall–Kier alpha value is -1.92. The summed E-state index contributed by atoms with van der Waals surface area (Å²) in [6, 6.07) is 19.7. The number of Topliss-reactive ketones (excluding diaryl/α,β-unsaturated/α-hetero) is 1. The molecule has 3 unspecified atom stereocenters. The molecule has 3 rings (SSSR count). The molecule has 0 aliphatic heterocycles. The van der Waals surface area contributed by atoms with Crippen LogP contribution in [0.15, 0.2) is 59.1 Å². The fraction of sp³-hybridized carbons (Fsp3) is 0.222. The largest absolute Gasteiger partial charge is 0.298 e. The third-order valence-corrected chi connectivity index (χ3v) is 4.53. The standard InChI is InChI=1S/C18H14BrNO/c19-14-8-6-13(7-9-14)17(11-20)18(21)16-10-15(16)12-4-2-1-3-5-12/h1-9,15-17H,10H2. The number of hydrogen-bond acceptors (Lipinski definition) is 2. The molecule has 0 amide bonds. The molecular formula is C18H14BrNO. The van der Waals surface area contributed by atoms with Gasteiger partial charge in [-0.15, -0.1) is 0 Å². The summed E-state index contributed by atoms with van der Waals surface area (Å²) in [6.07, 6.45) is 0.859. The predicted molar refractivity (Wildman–Crippen MR) is 84.8 cm³/mol. The molecule has 0 spiro atoms. The van der Waals surface area contributed by atoms with Crippen LogP contribution in [-0.4, -0.2) is 5.78 Å². The normalized spacial score (nSPS) is 21.3. The van der Waals surface area contributed by atoms with Crippen LogP contribution in [0, 0.1) is 17.2 Å². The Morgan fingerprint density at radius 2 is 1.81 bits per heavy atom. The van der Waals surface area contributed by atoms with E-state index >= 15 is 0 Å². The first-order valence-corrected chi connectivity index (χ1v) is 7.73. The smallest absolute Gasteiger partial charge is 0.158 e. The molecule has 0 saturated heterocycles. The Balaban J connectivity index is 1.76. The van der Waals surface area contributed by atoms with Crippen molar-refractivity contribution >= 4 is 21.7 Å². The maximum absolute atomic E-state index is 12.6. The van der Waals surface area contributed by atoms with Gasteiger partial charge in [-0.3, -0.25) is 4.79 Å². The van der Waals surface area contributed by atoms with Gasteiger partial charge in [-0.1, -0.05) is 58.4 Å². The van der Waals surface area contributed by atoms with Gasteiger partial charge in [-0.25, -0.2) is 0 Å². The fourth-order valence-electron chi connectivity index (χ4n) is 2.75. The van der Waals surface area contributed by atoms with E-state index in [1.54, 1.807) is 0 Å². The highest BCUT2D eigenvalue weighted by Crippen LogP contribution is 2.50. The average Bonchev–Trinajstić information content (AvgIpc) is 3.31. The Morgan fingerprint density at radius 3 is 2.43 bits per heavy atom. The van der Waals surface area contributed by atoms with Crippen molar-refractivity contribution in [2.45, 2.75) is 18.3 Å². The van der Waals surface area contributed by atoms with Crippen LogP contribution in [0.1, 0.15) is 29.4 Å². The van der Waals surface area contributed by atoms with Crippen LogP contribution in [0.3, 0.4) is 0 Å². The Labute approximate surface area is 132 Å². The molecule has 0 radical (unpaired) electrons. The third kappa shape index (κ3) is 2.91. The Kier molecular flexibility index (Phi) is 3.90. The van der Waals surface area contributed by atoms with Crippen molar-refractivity contribution in [2.75, 3.05) is 0 Å². The highest BCUT2D eigenvalue weighted by atomic mass is 79.9. The van der Waals surface area contributed by atoms with E-state index in [1.807, 2.05) is 42.5 Å². The van der Waals surface area contributed by atoms with E-state index in [4.69, 9.17) is 0 Å². The minimum atomic E-state index is -0.656. The number of carbonyl (C=O) groups excluding carboxylic acids is 1. The Bertz CT molecular complexity index is 687. The summed E-state index contributed by atoms with van der Waals surface area (Å²) in [5, 5.41) is 9.37. The van der Waals surface area contributed by atoms with Crippen molar-refractivity contribution in [3.8, 4) is 6.07 Å². The molecule has 3 heteroatoms. The molecule has 1 fully saturated rings. The summed E-state index contributed by atoms with van der Waals surface area (Å²) in [4.78, 5) is 12.6. The van der Waals surface area contributed by atoms with E-state index in [0.717, 1.165) is 16.5 Å². The minimum Gasteiger partial charge on any atom is -0.298 e. The van der Waals surface area contributed by atoms with Gasteiger partial charge in [0.15, 0.2) is 5.78 Å². The monoisotopic (exact) mass is 339 g/mol. The van der Waals surface area contributed by atoms with Crippen LogP contribution in [-0.2, 0) is 4.79 Å². The maximum atomic E-state index is 12.6. The van der Waals surface area contributed by atoms with Gasteiger partial charge < -0.3 is 0 Å². The van der Waals surface area contributed by atoms with Gasteiger partial charge in [0, 0.05) is 10.4 Å². The number of rotatable bonds is 4. The van der Waals surface area contributed by atoms with Crippen molar-refractivity contribution in [1.29, 1.82) is 5.26 Å². The van der Waals surface area contributed by atoms with Crippen LogP contribution in [0.5, 0.6) is 0 Å². The van der Waals surface area contributed by atoms with Crippen molar-refractivity contribution in [2.24, 2.45) is 5.92 Å². The zero-order chi connectivity index (χ0) is 14.8. The second-order valence-electron chi connectivity index (χ2n) is 5.38. The van der Waals surface area contributed by atoms with E-state index in [1.165, 1.54) is 5.56 Å². The summed E-state index contributed by atoms with van der Waals surface area (Å²) < 4.78 is 0.948. The first-order chi connectivity index (χ1) is 10.2. The lowest BCUT2D eigenvalue weighted by Gasteiger charge is -2.08. The number of ketones is 1. The van der Waals surface area contributed by atoms with Crippen molar-refractivity contribution in [1.82, 2.24) is 0 Å². The lowest BCUT2D eigenvalue weighted by molar-refractivity contribution is -0.120. The highest BCUT2D eigenvalue weighted by molar-refractivity contribution is 9.10. The van der Waals surface area contributed by atoms with Crippen LogP contribution < -0.4 is 0 Å². The molecule has 2 aromatic carbocycles. The van der Waals surface area contributed by atoms with E-state index in [2.05, 4.69) is 34.1 Å². The average molecular weight is 340 g/mol. The molecule has 104 valence electrons. The van der Waals surface area contributed by atoms with Gasteiger partial charge in [0.05, 0.1) is 6.07 Å². The molecule has 1 aliphatic rings. The van der Waals surface area contributed by atoms with Gasteiger partial charge in [-0.2, -0.15) is 5.26 Å². The molecule has 0 N–H and O–H groups in total. The summed E-state index contributed by atoms with van der Waals surface area (Å²) >= 11 is 3.37. The molecular weight excluding hydrogens is 326 g/mol. The highest BCUT2D eigenvalue weighted by Gasteiger charge is 2.46. The lowest BCUT2D eigenvalue weighted by atomic mass is 9.92. The number of nitriles is 1. The van der Waals surface area contributed by atoms with Crippen molar-refractivity contribution in [3.05, 3.63) is 70.2 Å². The van der Waals surface area contributed by atoms with E-state index in [9.17, 15) is 10.1 Å². The molecule has 0 heterocycles. The van der Waals surface area contributed by atoms with Crippen molar-refractivity contribution < 1.29 is 4.79 Å². The lowest BCUT2D eigenvalue weighted by Crippen LogP contribution is -2.13. The molecule has 3 atom stereocenters. The molecule has 2 aromatic rings. The fourth-order valence-corrected chi connectivity index (χ4v) is 3.01. The third-order valence-electron chi connectivity index (χ3n) is 4.00. The molecule has 1 aliphatic carbocycles. The topological polar surface area (TPSA) is 40.9 Å². The van der Waals surface area contributed by atoms with Gasteiger partial charge in [0.2, 0.25) is 0 Å². The number of nitrogens with zero attached hydrogens (tertiary/aromatic N) is 1. The van der Waals surface area contributed by atoms with E-state index in [-0.39, 0.29) is 17.6 Å². The summed E-state index contributed by atoms with van der Waals surface area (Å²) in [6.45, 7) is 0. The minimum absolute atomic E-state index is 0.0132. The second kappa shape index (κ2) is 5.83. The maximum Gasteiger partial charge on any atom is 0.158 e. The number of hydrogen-bond donors (Lipinski definition) is 0. The summed E-state index contributed by atoms with van der Waals surface area (Å²) in [5.74, 6) is -0.337. The number of carbonyl (C=O) groups is 1. The molecule has 0 bridgehead atoms. The SMILES string of the molecule is N#CC(C(=O)C1CC1c1ccccc1)c1ccc(Br)cc1. The number of halogens is 1. The molecule has 0 aromatic heterocycles. The molecule has 21 heavy (non-hydrogen) atoms. The van der Waals surface area contributed by atoms with E-state index in [0.29, 0.717) is 0 Å². The molecule has 2 nitrogen and oxygen atoms in total. The van der Waals surface area contributed by atoms with Gasteiger partial charge in [-0.05, 0) is 35.6 Å². The van der Waals surface area contributed by atoms with Crippen LogP contribution >= 0.6 is 15.9 Å². The van der Waals surface area contributed by atoms with Gasteiger partial charge in [0.1, 0.15) is 5.92 Å². The first kappa shape index (κ1) is 14.0. The zero-order valence-electron chi connectivity index (χ0n) is 11.4.